The average molecular weight is 524 g/mol. The van der Waals surface area contributed by atoms with Gasteiger partial charge in [0.15, 0.2) is 0 Å². The molecule has 4 aromatic rings. The van der Waals surface area contributed by atoms with Crippen LogP contribution in [0.3, 0.4) is 0 Å². The molecule has 1 fully saturated rings. The van der Waals surface area contributed by atoms with E-state index in [2.05, 4.69) is 19.9 Å². The van der Waals surface area contributed by atoms with Crippen molar-refractivity contribution in [3.63, 3.8) is 0 Å². The van der Waals surface area contributed by atoms with Crippen molar-refractivity contribution >= 4 is 34.3 Å². The lowest BCUT2D eigenvalue weighted by Crippen LogP contribution is -2.25. The van der Waals surface area contributed by atoms with E-state index in [1.165, 1.54) is 40.4 Å². The summed E-state index contributed by atoms with van der Waals surface area (Å²) in [6.45, 7) is 2.00. The van der Waals surface area contributed by atoms with Gasteiger partial charge in [-0.1, -0.05) is 7.43 Å². The molecule has 11 nitrogen and oxygen atoms in total. The first-order chi connectivity index (χ1) is 18.0. The lowest BCUT2D eigenvalue weighted by atomic mass is 10.2. The van der Waals surface area contributed by atoms with Crippen LogP contribution in [-0.4, -0.2) is 78.8 Å². The molecule has 0 N–H and O–H groups in total. The Hall–Kier alpha value is -4.22. The topological polar surface area (TPSA) is 126 Å². The Balaban J connectivity index is 0.000000224. The highest BCUT2D eigenvalue weighted by molar-refractivity contribution is 5.96. The SMILES string of the molecule is C.C1CCOC1.COc1cnc2ccc(C(=O)N(C)OC)cc2n1.COc1cnc2ccc(C=O)cc2n1. The third kappa shape index (κ3) is 8.15. The monoisotopic (exact) mass is 523 g/mol. The van der Waals surface area contributed by atoms with Gasteiger partial charge >= 0.3 is 0 Å². The van der Waals surface area contributed by atoms with Crippen LogP contribution in [0.25, 0.3) is 22.1 Å². The Morgan fingerprint density at radius 1 is 0.868 bits per heavy atom. The second-order valence-electron chi connectivity index (χ2n) is 7.70. The molecule has 5 rings (SSSR count). The van der Waals surface area contributed by atoms with E-state index < -0.39 is 0 Å². The Kier molecular flexibility index (Phi) is 11.9. The zero-order chi connectivity index (χ0) is 26.6. The molecule has 1 saturated heterocycles. The number of ether oxygens (including phenoxy) is 3. The van der Waals surface area contributed by atoms with Crippen LogP contribution < -0.4 is 9.47 Å². The van der Waals surface area contributed by atoms with E-state index in [-0.39, 0.29) is 13.3 Å². The molecule has 0 aliphatic carbocycles. The zero-order valence-corrected chi connectivity index (χ0v) is 21.2. The van der Waals surface area contributed by atoms with Crippen LogP contribution >= 0.6 is 0 Å². The number of hydroxylamine groups is 2. The predicted octanol–water partition coefficient (Wildman–Crippen LogP) is 4.16. The Morgan fingerprint density at radius 3 is 1.89 bits per heavy atom. The van der Waals surface area contributed by atoms with Crippen molar-refractivity contribution in [2.75, 3.05) is 41.6 Å². The fourth-order valence-corrected chi connectivity index (χ4v) is 3.18. The van der Waals surface area contributed by atoms with Gasteiger partial charge in [-0.3, -0.25) is 14.4 Å². The number of aromatic nitrogens is 4. The molecular formula is C27H33N5O6. The second kappa shape index (κ2) is 15.1. The molecule has 0 atom stereocenters. The number of carbonyl (C=O) groups excluding carboxylic acids is 2. The minimum Gasteiger partial charge on any atom is -0.480 e. The van der Waals surface area contributed by atoms with E-state index >= 15 is 0 Å². The molecule has 0 saturated carbocycles. The number of fused-ring (bicyclic) bond motifs is 2. The fraction of sp³-hybridized carbons (Fsp3) is 0.333. The van der Waals surface area contributed by atoms with Crippen LogP contribution in [0.2, 0.25) is 0 Å². The Labute approximate surface area is 221 Å². The lowest BCUT2D eigenvalue weighted by Gasteiger charge is -2.13. The summed E-state index contributed by atoms with van der Waals surface area (Å²) in [7, 11) is 6.02. The Morgan fingerprint density at radius 2 is 1.42 bits per heavy atom. The average Bonchev–Trinajstić information content (AvgIpc) is 3.56. The molecule has 38 heavy (non-hydrogen) atoms. The van der Waals surface area contributed by atoms with Gasteiger partial charge in [0.2, 0.25) is 11.8 Å². The van der Waals surface area contributed by atoms with E-state index in [0.29, 0.717) is 39.4 Å². The lowest BCUT2D eigenvalue weighted by molar-refractivity contribution is -0.0756. The first-order valence-corrected chi connectivity index (χ1v) is 11.5. The van der Waals surface area contributed by atoms with Gasteiger partial charge < -0.3 is 14.2 Å². The highest BCUT2D eigenvalue weighted by Crippen LogP contribution is 2.16. The van der Waals surface area contributed by atoms with Crippen molar-refractivity contribution in [1.29, 1.82) is 0 Å². The van der Waals surface area contributed by atoms with Crippen LogP contribution in [0.5, 0.6) is 11.8 Å². The van der Waals surface area contributed by atoms with Crippen LogP contribution in [0.1, 0.15) is 41.0 Å². The summed E-state index contributed by atoms with van der Waals surface area (Å²) < 4.78 is 14.9. The van der Waals surface area contributed by atoms with E-state index in [1.54, 1.807) is 49.6 Å². The van der Waals surface area contributed by atoms with Crippen LogP contribution in [-0.2, 0) is 9.57 Å². The molecule has 0 bridgehead atoms. The summed E-state index contributed by atoms with van der Waals surface area (Å²) in [5.74, 6) is 0.608. The van der Waals surface area contributed by atoms with Crippen molar-refractivity contribution in [2.24, 2.45) is 0 Å². The van der Waals surface area contributed by atoms with Crippen LogP contribution in [0.15, 0.2) is 48.8 Å². The molecule has 1 aliphatic rings. The standard InChI is InChI=1S/C12H13N3O3.C10H8N2O2.C4H8O.CH4/c1-15(18-3)12(16)8-4-5-9-10(6-8)14-11(17-2)7-13-9;1-14-10-5-11-8-3-2-7(6-13)4-9(8)12-10;1-2-4-5-3-1;/h4-7H,1-3H3;2-6H,1H3;1-4H2;1H4. The third-order valence-corrected chi connectivity index (χ3v) is 5.25. The summed E-state index contributed by atoms with van der Waals surface area (Å²) in [6, 6.07) is 10.2. The number of rotatable bonds is 5. The van der Waals surface area contributed by atoms with Gasteiger partial charge in [-0.05, 0) is 49.2 Å². The second-order valence-corrected chi connectivity index (χ2v) is 7.70. The Bertz CT molecular complexity index is 1340. The van der Waals surface area contributed by atoms with Gasteiger partial charge in [-0.2, -0.15) is 0 Å². The zero-order valence-electron chi connectivity index (χ0n) is 21.2. The van der Waals surface area contributed by atoms with Crippen LogP contribution in [0.4, 0.5) is 0 Å². The molecule has 1 amide bonds. The molecule has 3 heterocycles. The minimum absolute atomic E-state index is 0. The summed E-state index contributed by atoms with van der Waals surface area (Å²) in [4.78, 5) is 43.9. The number of amides is 1. The molecule has 2 aromatic carbocycles. The molecule has 0 unspecified atom stereocenters. The van der Waals surface area contributed by atoms with Gasteiger partial charge in [-0.25, -0.2) is 25.0 Å². The van der Waals surface area contributed by atoms with E-state index in [9.17, 15) is 9.59 Å². The van der Waals surface area contributed by atoms with Gasteiger partial charge in [0.05, 0.1) is 55.8 Å². The maximum Gasteiger partial charge on any atom is 0.277 e. The highest BCUT2D eigenvalue weighted by atomic mass is 16.7. The van der Waals surface area contributed by atoms with Crippen molar-refractivity contribution in [3.8, 4) is 11.8 Å². The minimum atomic E-state index is -0.246. The summed E-state index contributed by atoms with van der Waals surface area (Å²) in [5.41, 5.74) is 3.77. The summed E-state index contributed by atoms with van der Waals surface area (Å²) >= 11 is 0. The highest BCUT2D eigenvalue weighted by Gasteiger charge is 2.12. The third-order valence-electron chi connectivity index (χ3n) is 5.25. The molecule has 202 valence electrons. The largest absolute Gasteiger partial charge is 0.480 e. The van der Waals surface area contributed by atoms with Crippen LogP contribution in [0, 0.1) is 0 Å². The number of hydrogen-bond acceptors (Lipinski definition) is 10. The quantitative estimate of drug-likeness (QED) is 0.278. The number of hydrogen-bond donors (Lipinski definition) is 0. The maximum absolute atomic E-state index is 11.9. The molecule has 1 aliphatic heterocycles. The number of aldehydes is 1. The van der Waals surface area contributed by atoms with Gasteiger partial charge in [0, 0.05) is 31.4 Å². The smallest absolute Gasteiger partial charge is 0.277 e. The number of methoxy groups -OCH3 is 2. The number of nitrogens with zero attached hydrogens (tertiary/aromatic N) is 5. The first kappa shape index (κ1) is 30.0. The molecular weight excluding hydrogens is 490 g/mol. The van der Waals surface area contributed by atoms with Crippen molar-refractivity contribution < 1.29 is 28.6 Å². The predicted molar refractivity (Wildman–Crippen MR) is 143 cm³/mol. The van der Waals surface area contributed by atoms with Gasteiger partial charge in [0.1, 0.15) is 6.29 Å². The van der Waals surface area contributed by atoms with E-state index in [0.717, 1.165) is 30.1 Å². The number of benzene rings is 2. The van der Waals surface area contributed by atoms with E-state index in [1.807, 2.05) is 0 Å². The van der Waals surface area contributed by atoms with Crippen molar-refractivity contribution in [2.45, 2.75) is 20.3 Å². The molecule has 11 heteroatoms. The fourth-order valence-electron chi connectivity index (χ4n) is 3.18. The summed E-state index contributed by atoms with van der Waals surface area (Å²) in [5, 5.41) is 1.15. The van der Waals surface area contributed by atoms with E-state index in [4.69, 9.17) is 19.0 Å². The summed E-state index contributed by atoms with van der Waals surface area (Å²) in [6.07, 6.45) is 6.41. The number of carbonyl (C=O) groups is 2. The molecule has 0 spiro atoms. The molecule has 0 radical (unpaired) electrons. The van der Waals surface area contributed by atoms with Crippen molar-refractivity contribution in [3.05, 3.63) is 59.9 Å². The van der Waals surface area contributed by atoms with Gasteiger partial charge in [-0.15, -0.1) is 0 Å². The normalized spacial score (nSPS) is 11.8. The van der Waals surface area contributed by atoms with Crippen molar-refractivity contribution in [1.82, 2.24) is 25.0 Å². The molecule has 2 aromatic heterocycles. The first-order valence-electron chi connectivity index (χ1n) is 11.5. The van der Waals surface area contributed by atoms with Gasteiger partial charge in [0.25, 0.3) is 5.91 Å². The maximum atomic E-state index is 11.9.